The molecule has 0 heterocycles. The molecule has 0 fully saturated rings. The van der Waals surface area contributed by atoms with Crippen molar-refractivity contribution in [1.82, 2.24) is 0 Å². The van der Waals surface area contributed by atoms with E-state index in [0.29, 0.717) is 11.1 Å². The van der Waals surface area contributed by atoms with E-state index in [4.69, 9.17) is 0 Å². The first-order valence-electron chi connectivity index (χ1n) is 4.54. The molecule has 0 saturated carbocycles. The van der Waals surface area contributed by atoms with Crippen LogP contribution in [0.15, 0.2) is 24.3 Å². The minimum atomic E-state index is -2.73. The van der Waals surface area contributed by atoms with Gasteiger partial charge in [0, 0.05) is 6.42 Å². The lowest BCUT2D eigenvalue weighted by molar-refractivity contribution is 0.0219. The SMILES string of the molecule is CC(O)c1ccccc1CC(C)(F)F. The molecule has 1 aromatic carbocycles. The molecule has 0 aliphatic heterocycles. The van der Waals surface area contributed by atoms with Crippen molar-refractivity contribution in [3.63, 3.8) is 0 Å². The summed E-state index contributed by atoms with van der Waals surface area (Å²) in [4.78, 5) is 0. The Morgan fingerprint density at radius 3 is 2.43 bits per heavy atom. The summed E-state index contributed by atoms with van der Waals surface area (Å²) in [6, 6.07) is 6.73. The highest BCUT2D eigenvalue weighted by atomic mass is 19.3. The lowest BCUT2D eigenvalue weighted by Gasteiger charge is -2.15. The molecule has 0 spiro atoms. The lowest BCUT2D eigenvalue weighted by Crippen LogP contribution is -2.15. The van der Waals surface area contributed by atoms with Gasteiger partial charge in [-0.1, -0.05) is 24.3 Å². The Balaban J connectivity index is 2.96. The first kappa shape index (κ1) is 11.1. The van der Waals surface area contributed by atoms with E-state index >= 15 is 0 Å². The topological polar surface area (TPSA) is 20.2 Å². The number of halogens is 2. The summed E-state index contributed by atoms with van der Waals surface area (Å²) in [6.07, 6.45) is -1.03. The highest BCUT2D eigenvalue weighted by Crippen LogP contribution is 2.24. The molecule has 1 nitrogen and oxygen atoms in total. The fourth-order valence-electron chi connectivity index (χ4n) is 1.44. The average molecular weight is 200 g/mol. The predicted molar refractivity (Wildman–Crippen MR) is 51.4 cm³/mol. The quantitative estimate of drug-likeness (QED) is 0.795. The van der Waals surface area contributed by atoms with Crippen LogP contribution < -0.4 is 0 Å². The third-order valence-electron chi connectivity index (χ3n) is 2.01. The van der Waals surface area contributed by atoms with Crippen LogP contribution in [0, 0.1) is 0 Å². The average Bonchev–Trinajstić information content (AvgIpc) is 2.01. The molecule has 0 amide bonds. The first-order valence-corrected chi connectivity index (χ1v) is 4.54. The molecule has 78 valence electrons. The zero-order chi connectivity index (χ0) is 10.8. The van der Waals surface area contributed by atoms with E-state index in [9.17, 15) is 13.9 Å². The monoisotopic (exact) mass is 200 g/mol. The molecule has 0 aliphatic rings. The number of hydrogen-bond donors (Lipinski definition) is 1. The smallest absolute Gasteiger partial charge is 0.249 e. The van der Waals surface area contributed by atoms with Crippen LogP contribution in [0.3, 0.4) is 0 Å². The van der Waals surface area contributed by atoms with Gasteiger partial charge in [-0.3, -0.25) is 0 Å². The van der Waals surface area contributed by atoms with Crippen LogP contribution in [0.25, 0.3) is 0 Å². The molecule has 3 heteroatoms. The second kappa shape index (κ2) is 4.05. The van der Waals surface area contributed by atoms with Gasteiger partial charge in [0.25, 0.3) is 0 Å². The molecule has 1 aromatic rings. The Morgan fingerprint density at radius 2 is 1.93 bits per heavy atom. The summed E-state index contributed by atoms with van der Waals surface area (Å²) in [5.74, 6) is -2.73. The van der Waals surface area contributed by atoms with Crippen molar-refractivity contribution >= 4 is 0 Å². The van der Waals surface area contributed by atoms with Crippen molar-refractivity contribution in [2.45, 2.75) is 32.3 Å². The maximum absolute atomic E-state index is 12.8. The predicted octanol–water partition coefficient (Wildman–Crippen LogP) is 2.94. The third-order valence-corrected chi connectivity index (χ3v) is 2.01. The Morgan fingerprint density at radius 1 is 1.36 bits per heavy atom. The molecule has 1 N–H and O–H groups in total. The van der Waals surface area contributed by atoms with Crippen LogP contribution in [0.5, 0.6) is 0 Å². The molecular weight excluding hydrogens is 186 g/mol. The van der Waals surface area contributed by atoms with Gasteiger partial charge in [-0.15, -0.1) is 0 Å². The Kier molecular flexibility index (Phi) is 3.21. The van der Waals surface area contributed by atoms with Gasteiger partial charge in [-0.2, -0.15) is 0 Å². The van der Waals surface area contributed by atoms with E-state index in [0.717, 1.165) is 6.92 Å². The lowest BCUT2D eigenvalue weighted by atomic mass is 9.98. The molecule has 14 heavy (non-hydrogen) atoms. The molecule has 0 saturated heterocycles. The Labute approximate surface area is 82.4 Å². The maximum atomic E-state index is 12.8. The maximum Gasteiger partial charge on any atom is 0.249 e. The van der Waals surface area contributed by atoms with Crippen molar-refractivity contribution in [2.75, 3.05) is 0 Å². The van der Waals surface area contributed by atoms with E-state index in [-0.39, 0.29) is 6.42 Å². The standard InChI is InChI=1S/C11H14F2O/c1-8(14)10-6-4-3-5-9(10)7-11(2,12)13/h3-6,8,14H,7H2,1-2H3. The Bertz CT molecular complexity index is 302. The Hall–Kier alpha value is -0.960. The summed E-state index contributed by atoms with van der Waals surface area (Å²) in [5.41, 5.74) is 1.09. The molecule has 1 rings (SSSR count). The van der Waals surface area contributed by atoms with Gasteiger partial charge in [0.15, 0.2) is 0 Å². The fourth-order valence-corrected chi connectivity index (χ4v) is 1.44. The van der Waals surface area contributed by atoms with Crippen molar-refractivity contribution in [3.8, 4) is 0 Å². The molecule has 1 unspecified atom stereocenters. The van der Waals surface area contributed by atoms with Gasteiger partial charge in [-0.25, -0.2) is 8.78 Å². The van der Waals surface area contributed by atoms with Crippen molar-refractivity contribution < 1.29 is 13.9 Å². The molecular formula is C11H14F2O. The summed E-state index contributed by atoms with van der Waals surface area (Å²) in [5, 5.41) is 9.36. The zero-order valence-corrected chi connectivity index (χ0v) is 8.30. The number of aliphatic hydroxyl groups excluding tert-OH is 1. The zero-order valence-electron chi connectivity index (χ0n) is 8.30. The first-order chi connectivity index (χ1) is 6.40. The van der Waals surface area contributed by atoms with Crippen LogP contribution in [0.2, 0.25) is 0 Å². The highest BCUT2D eigenvalue weighted by Gasteiger charge is 2.23. The van der Waals surface area contributed by atoms with Gasteiger partial charge in [-0.05, 0) is 25.0 Å². The summed E-state index contributed by atoms with van der Waals surface area (Å²) in [7, 11) is 0. The van der Waals surface area contributed by atoms with Crippen LogP contribution in [-0.2, 0) is 6.42 Å². The van der Waals surface area contributed by atoms with E-state index < -0.39 is 12.0 Å². The van der Waals surface area contributed by atoms with Gasteiger partial charge >= 0.3 is 0 Å². The van der Waals surface area contributed by atoms with E-state index in [1.165, 1.54) is 0 Å². The molecule has 0 radical (unpaired) electrons. The molecule has 1 atom stereocenters. The second-order valence-electron chi connectivity index (χ2n) is 3.62. The van der Waals surface area contributed by atoms with Crippen molar-refractivity contribution in [2.24, 2.45) is 0 Å². The number of rotatable bonds is 3. The van der Waals surface area contributed by atoms with Crippen LogP contribution in [0.4, 0.5) is 8.78 Å². The molecule has 0 bridgehead atoms. The number of benzene rings is 1. The largest absolute Gasteiger partial charge is 0.389 e. The molecule has 0 aliphatic carbocycles. The van der Waals surface area contributed by atoms with Gasteiger partial charge in [0.2, 0.25) is 5.92 Å². The van der Waals surface area contributed by atoms with Gasteiger partial charge < -0.3 is 5.11 Å². The van der Waals surface area contributed by atoms with Gasteiger partial charge in [0.1, 0.15) is 0 Å². The minimum absolute atomic E-state index is 0.325. The van der Waals surface area contributed by atoms with E-state index in [2.05, 4.69) is 0 Å². The minimum Gasteiger partial charge on any atom is -0.389 e. The summed E-state index contributed by atoms with van der Waals surface area (Å²) >= 11 is 0. The van der Waals surface area contributed by atoms with Crippen molar-refractivity contribution in [3.05, 3.63) is 35.4 Å². The van der Waals surface area contributed by atoms with Crippen molar-refractivity contribution in [1.29, 1.82) is 0 Å². The van der Waals surface area contributed by atoms with Crippen LogP contribution >= 0.6 is 0 Å². The number of aliphatic hydroxyl groups is 1. The fraction of sp³-hybridized carbons (Fsp3) is 0.455. The van der Waals surface area contributed by atoms with E-state index in [1.807, 2.05) is 0 Å². The second-order valence-corrected chi connectivity index (χ2v) is 3.62. The van der Waals surface area contributed by atoms with Crippen LogP contribution in [0.1, 0.15) is 31.1 Å². The normalized spacial score (nSPS) is 14.1. The van der Waals surface area contributed by atoms with Gasteiger partial charge in [0.05, 0.1) is 6.10 Å². The van der Waals surface area contributed by atoms with E-state index in [1.54, 1.807) is 31.2 Å². The molecule has 0 aromatic heterocycles. The number of hydrogen-bond acceptors (Lipinski definition) is 1. The van der Waals surface area contributed by atoms with Crippen LogP contribution in [-0.4, -0.2) is 11.0 Å². The summed E-state index contributed by atoms with van der Waals surface area (Å²) < 4.78 is 25.5. The third kappa shape index (κ3) is 3.07. The highest BCUT2D eigenvalue weighted by molar-refractivity contribution is 5.29. The number of alkyl halides is 2. The summed E-state index contributed by atoms with van der Waals surface area (Å²) in [6.45, 7) is 2.46.